The molecule has 188 valence electrons. The summed E-state index contributed by atoms with van der Waals surface area (Å²) in [6.07, 6.45) is 2.14. The smallest absolute Gasteiger partial charge is 0.193 e. The number of hydrogen-bond donors (Lipinski definition) is 0. The van der Waals surface area contributed by atoms with Crippen LogP contribution in [0.1, 0.15) is 15.9 Å². The molecular weight excluding hydrogens is 488 g/mol. The van der Waals surface area contributed by atoms with Gasteiger partial charge >= 0.3 is 0 Å². The molecule has 0 N–H and O–H groups in total. The molecule has 0 fully saturated rings. The lowest BCUT2D eigenvalue weighted by molar-refractivity contribution is 0.103. The maximum Gasteiger partial charge on any atom is 0.193 e. The highest BCUT2D eigenvalue weighted by Crippen LogP contribution is 2.37. The number of aromatic nitrogens is 2. The number of carbonyl (C=O) groups is 1. The molecule has 8 rings (SSSR count). The third-order valence-electron chi connectivity index (χ3n) is 7.92. The number of ketones is 1. The van der Waals surface area contributed by atoms with E-state index in [9.17, 15) is 4.79 Å². The van der Waals surface area contributed by atoms with Crippen LogP contribution in [0.25, 0.3) is 54.9 Å². The number of carbonyl (C=O) groups excluding carboxylic acids is 1. The fourth-order valence-electron chi connectivity index (χ4n) is 6.04. The first-order valence-corrected chi connectivity index (χ1v) is 13.5. The van der Waals surface area contributed by atoms with Gasteiger partial charge in [-0.3, -0.25) is 4.79 Å². The Kier molecular flexibility index (Phi) is 4.98. The van der Waals surface area contributed by atoms with E-state index in [0.29, 0.717) is 11.1 Å². The van der Waals surface area contributed by atoms with Crippen molar-refractivity contribution in [3.05, 3.63) is 157 Å². The van der Waals surface area contributed by atoms with Crippen molar-refractivity contribution in [2.45, 2.75) is 0 Å². The van der Waals surface area contributed by atoms with Gasteiger partial charge in [0, 0.05) is 44.9 Å². The second-order valence-electron chi connectivity index (χ2n) is 10.2. The molecule has 0 saturated carbocycles. The molecule has 8 aromatic rings. The van der Waals surface area contributed by atoms with Crippen molar-refractivity contribution in [2.75, 3.05) is 0 Å². The maximum absolute atomic E-state index is 13.7. The minimum absolute atomic E-state index is 0.0220. The lowest BCUT2D eigenvalue weighted by Crippen LogP contribution is -2.03. The number of fused-ring (bicyclic) bond motifs is 6. The van der Waals surface area contributed by atoms with Crippen molar-refractivity contribution >= 4 is 49.3 Å². The van der Waals surface area contributed by atoms with E-state index < -0.39 is 0 Å². The molecular formula is C37H24N2O. The highest BCUT2D eigenvalue weighted by molar-refractivity contribution is 6.18. The first-order valence-electron chi connectivity index (χ1n) is 13.5. The number of hydrogen-bond acceptors (Lipinski definition) is 1. The summed E-state index contributed by atoms with van der Waals surface area (Å²) in [5.41, 5.74) is 6.87. The summed E-state index contributed by atoms with van der Waals surface area (Å²) >= 11 is 0. The Labute approximate surface area is 231 Å². The van der Waals surface area contributed by atoms with Gasteiger partial charge in [0.15, 0.2) is 5.78 Å². The number of para-hydroxylation sites is 2. The standard InChI is InChI=1S/C37H24N2O/c40-37(28-18-17-25-9-4-5-10-26(25)23-28)27-11-8-14-30(24-27)39-35-16-7-6-15-31(35)32-19-20-34-33(36(32)39)21-22-38(34)29-12-2-1-3-13-29/h1-24H. The Bertz CT molecular complexity index is 2230. The van der Waals surface area contributed by atoms with Crippen molar-refractivity contribution in [2.24, 2.45) is 0 Å². The zero-order chi connectivity index (χ0) is 26.6. The monoisotopic (exact) mass is 512 g/mol. The van der Waals surface area contributed by atoms with Gasteiger partial charge in [0.2, 0.25) is 0 Å². The van der Waals surface area contributed by atoms with Crippen LogP contribution in [-0.4, -0.2) is 14.9 Å². The second kappa shape index (κ2) is 8.82. The molecule has 0 aliphatic carbocycles. The minimum atomic E-state index is 0.0220. The van der Waals surface area contributed by atoms with E-state index in [2.05, 4.69) is 94.2 Å². The number of nitrogens with zero attached hydrogens (tertiary/aromatic N) is 2. The molecule has 2 heterocycles. The average molecular weight is 513 g/mol. The van der Waals surface area contributed by atoms with Crippen LogP contribution < -0.4 is 0 Å². The van der Waals surface area contributed by atoms with Crippen LogP contribution in [0.2, 0.25) is 0 Å². The average Bonchev–Trinajstić information content (AvgIpc) is 3.60. The summed E-state index contributed by atoms with van der Waals surface area (Å²) < 4.78 is 4.54. The highest BCUT2D eigenvalue weighted by atomic mass is 16.1. The summed E-state index contributed by atoms with van der Waals surface area (Å²) in [5, 5.41) is 5.75. The van der Waals surface area contributed by atoms with E-state index in [1.807, 2.05) is 60.7 Å². The topological polar surface area (TPSA) is 26.9 Å². The van der Waals surface area contributed by atoms with E-state index in [-0.39, 0.29) is 5.78 Å². The Hall–Kier alpha value is -5.41. The summed E-state index contributed by atoms with van der Waals surface area (Å²) in [4.78, 5) is 13.7. The highest BCUT2D eigenvalue weighted by Gasteiger charge is 2.18. The lowest BCUT2D eigenvalue weighted by atomic mass is 9.99. The van der Waals surface area contributed by atoms with Crippen molar-refractivity contribution in [1.82, 2.24) is 9.13 Å². The molecule has 0 bridgehead atoms. The Morgan fingerprint density at radius 1 is 0.475 bits per heavy atom. The molecule has 0 spiro atoms. The van der Waals surface area contributed by atoms with Crippen molar-refractivity contribution < 1.29 is 4.79 Å². The molecule has 6 aromatic carbocycles. The Morgan fingerprint density at radius 3 is 2.12 bits per heavy atom. The van der Waals surface area contributed by atoms with Crippen LogP contribution in [-0.2, 0) is 0 Å². The molecule has 0 aliphatic rings. The van der Waals surface area contributed by atoms with Gasteiger partial charge in [-0.25, -0.2) is 0 Å². The van der Waals surface area contributed by atoms with Crippen LogP contribution in [0.15, 0.2) is 146 Å². The van der Waals surface area contributed by atoms with E-state index >= 15 is 0 Å². The molecule has 0 atom stereocenters. The fourth-order valence-corrected chi connectivity index (χ4v) is 6.04. The molecule has 0 unspecified atom stereocenters. The van der Waals surface area contributed by atoms with Gasteiger partial charge < -0.3 is 9.13 Å². The van der Waals surface area contributed by atoms with Gasteiger partial charge in [0.05, 0.1) is 16.6 Å². The zero-order valence-corrected chi connectivity index (χ0v) is 21.7. The van der Waals surface area contributed by atoms with Crippen molar-refractivity contribution in [1.29, 1.82) is 0 Å². The van der Waals surface area contributed by atoms with Crippen molar-refractivity contribution in [3.8, 4) is 11.4 Å². The van der Waals surface area contributed by atoms with E-state index in [0.717, 1.165) is 38.7 Å². The maximum atomic E-state index is 13.7. The summed E-state index contributed by atoms with van der Waals surface area (Å²) in [6.45, 7) is 0. The molecule has 3 heteroatoms. The van der Waals surface area contributed by atoms with Gasteiger partial charge in [-0.2, -0.15) is 0 Å². The normalized spacial score (nSPS) is 11.6. The Morgan fingerprint density at radius 2 is 1.23 bits per heavy atom. The third-order valence-corrected chi connectivity index (χ3v) is 7.92. The van der Waals surface area contributed by atoms with Crippen molar-refractivity contribution in [3.63, 3.8) is 0 Å². The van der Waals surface area contributed by atoms with Gasteiger partial charge in [0.1, 0.15) is 0 Å². The molecule has 0 saturated heterocycles. The van der Waals surface area contributed by atoms with Gasteiger partial charge in [-0.05, 0) is 59.3 Å². The Balaban J connectivity index is 1.34. The van der Waals surface area contributed by atoms with Gasteiger partial charge in [-0.15, -0.1) is 0 Å². The van der Waals surface area contributed by atoms with E-state index in [1.165, 1.54) is 16.2 Å². The first kappa shape index (κ1) is 22.6. The molecule has 2 aromatic heterocycles. The van der Waals surface area contributed by atoms with Crippen LogP contribution in [0.4, 0.5) is 0 Å². The third kappa shape index (κ3) is 3.41. The zero-order valence-electron chi connectivity index (χ0n) is 21.7. The van der Waals surface area contributed by atoms with Crippen LogP contribution in [0.5, 0.6) is 0 Å². The molecule has 0 amide bonds. The minimum Gasteiger partial charge on any atom is -0.316 e. The second-order valence-corrected chi connectivity index (χ2v) is 10.2. The predicted molar refractivity (Wildman–Crippen MR) is 165 cm³/mol. The van der Waals surface area contributed by atoms with E-state index in [4.69, 9.17) is 0 Å². The lowest BCUT2D eigenvalue weighted by Gasteiger charge is -2.11. The first-order chi connectivity index (χ1) is 19.8. The van der Waals surface area contributed by atoms with E-state index in [1.54, 1.807) is 0 Å². The van der Waals surface area contributed by atoms with Crippen LogP contribution in [0.3, 0.4) is 0 Å². The molecule has 0 aliphatic heterocycles. The summed E-state index contributed by atoms with van der Waals surface area (Å²) in [5.74, 6) is 0.0220. The predicted octanol–water partition coefficient (Wildman–Crippen LogP) is 9.11. The molecule has 0 radical (unpaired) electrons. The van der Waals surface area contributed by atoms with Crippen LogP contribution in [0, 0.1) is 0 Å². The molecule has 3 nitrogen and oxygen atoms in total. The summed E-state index contributed by atoms with van der Waals surface area (Å²) in [7, 11) is 0. The molecule has 40 heavy (non-hydrogen) atoms. The fraction of sp³-hybridized carbons (Fsp3) is 0. The summed E-state index contributed by atoms with van der Waals surface area (Å²) in [6, 6.07) is 47.6. The van der Waals surface area contributed by atoms with Crippen LogP contribution >= 0.6 is 0 Å². The number of benzene rings is 6. The largest absolute Gasteiger partial charge is 0.316 e. The van der Waals surface area contributed by atoms with Gasteiger partial charge in [-0.1, -0.05) is 91.0 Å². The van der Waals surface area contributed by atoms with Gasteiger partial charge in [0.25, 0.3) is 0 Å². The SMILES string of the molecule is O=C(c1cccc(-n2c3ccccc3c3ccc4c(ccn4-c4ccccc4)c32)c1)c1ccc2ccccc2c1. The number of rotatable bonds is 4. The quantitative estimate of drug-likeness (QED) is 0.216.